The van der Waals surface area contributed by atoms with E-state index in [2.05, 4.69) is 0 Å². The van der Waals surface area contributed by atoms with Crippen LogP contribution in [0, 0.1) is 0 Å². The molecular formula is C16H24N2O4S. The first kappa shape index (κ1) is 17.7. The number of carbonyl (C=O) groups is 1. The van der Waals surface area contributed by atoms with Gasteiger partial charge in [0.1, 0.15) is 10.6 Å². The molecule has 1 saturated heterocycles. The van der Waals surface area contributed by atoms with Gasteiger partial charge in [-0.1, -0.05) is 0 Å². The highest BCUT2D eigenvalue weighted by molar-refractivity contribution is 7.89. The van der Waals surface area contributed by atoms with Gasteiger partial charge in [0.2, 0.25) is 10.0 Å². The zero-order valence-electron chi connectivity index (χ0n) is 14.1. The fourth-order valence-electron chi connectivity index (χ4n) is 2.77. The molecule has 0 radical (unpaired) electrons. The lowest BCUT2D eigenvalue weighted by atomic mass is 10.0. The predicted molar refractivity (Wildman–Crippen MR) is 88.2 cm³/mol. The molecule has 23 heavy (non-hydrogen) atoms. The van der Waals surface area contributed by atoms with Crippen molar-refractivity contribution < 1.29 is 17.9 Å². The Kier molecular flexibility index (Phi) is 5.31. The third-order valence-corrected chi connectivity index (χ3v) is 6.07. The first-order valence-electron chi connectivity index (χ1n) is 7.70. The lowest BCUT2D eigenvalue weighted by Crippen LogP contribution is -2.42. The van der Waals surface area contributed by atoms with Crippen LogP contribution in [-0.4, -0.2) is 57.3 Å². The van der Waals surface area contributed by atoms with Crippen LogP contribution in [0.4, 0.5) is 0 Å². The molecule has 0 bridgehead atoms. The highest BCUT2D eigenvalue weighted by Gasteiger charge is 2.28. The van der Waals surface area contributed by atoms with Gasteiger partial charge in [-0.15, -0.1) is 0 Å². The van der Waals surface area contributed by atoms with Crippen LogP contribution >= 0.6 is 0 Å². The monoisotopic (exact) mass is 340 g/mol. The molecule has 1 aromatic carbocycles. The first-order valence-corrected chi connectivity index (χ1v) is 9.14. The molecular weight excluding hydrogens is 316 g/mol. The highest BCUT2D eigenvalue weighted by Crippen LogP contribution is 2.28. The number of sulfonamides is 1. The van der Waals surface area contributed by atoms with E-state index >= 15 is 0 Å². The third kappa shape index (κ3) is 3.50. The number of rotatable bonds is 4. The Morgan fingerprint density at radius 2 is 2.00 bits per heavy atom. The predicted octanol–water partition coefficient (Wildman–Crippen LogP) is 1.96. The number of likely N-dealkylation sites (tertiary alicyclic amines) is 1. The van der Waals surface area contributed by atoms with Crippen molar-refractivity contribution in [3.8, 4) is 5.75 Å². The molecule has 1 fully saturated rings. The summed E-state index contributed by atoms with van der Waals surface area (Å²) in [7, 11) is 0.641. The van der Waals surface area contributed by atoms with Crippen LogP contribution in [0.15, 0.2) is 23.1 Å². The molecule has 6 nitrogen and oxygen atoms in total. The molecule has 1 heterocycles. The molecule has 7 heteroatoms. The molecule has 1 aliphatic heterocycles. The molecule has 0 N–H and O–H groups in total. The highest BCUT2D eigenvalue weighted by atomic mass is 32.2. The summed E-state index contributed by atoms with van der Waals surface area (Å²) in [5.41, 5.74) is 0.375. The minimum Gasteiger partial charge on any atom is -0.495 e. The molecule has 0 aromatic heterocycles. The Morgan fingerprint density at radius 1 is 1.30 bits per heavy atom. The molecule has 1 unspecified atom stereocenters. The van der Waals surface area contributed by atoms with Crippen molar-refractivity contribution in [2.75, 3.05) is 27.7 Å². The van der Waals surface area contributed by atoms with Crippen molar-refractivity contribution in [3.05, 3.63) is 23.8 Å². The summed E-state index contributed by atoms with van der Waals surface area (Å²) in [6, 6.07) is 4.75. The maximum Gasteiger partial charge on any atom is 0.254 e. The third-order valence-electron chi connectivity index (χ3n) is 4.23. The van der Waals surface area contributed by atoms with Crippen LogP contribution in [0.25, 0.3) is 0 Å². The van der Waals surface area contributed by atoms with E-state index < -0.39 is 10.0 Å². The summed E-state index contributed by atoms with van der Waals surface area (Å²) in [4.78, 5) is 14.6. The van der Waals surface area contributed by atoms with Gasteiger partial charge >= 0.3 is 0 Å². The number of benzene rings is 1. The number of nitrogens with zero attached hydrogens (tertiary/aromatic N) is 2. The molecule has 0 aliphatic carbocycles. The largest absolute Gasteiger partial charge is 0.495 e. The Labute approximate surface area is 138 Å². The smallest absolute Gasteiger partial charge is 0.254 e. The topological polar surface area (TPSA) is 66.9 Å². The Morgan fingerprint density at radius 3 is 2.57 bits per heavy atom. The van der Waals surface area contributed by atoms with Crippen molar-refractivity contribution in [2.24, 2.45) is 0 Å². The SMILES string of the molecule is COc1ccc(C(=O)N2CCCCC2C)cc1S(=O)(=O)N(C)C. The Bertz CT molecular complexity index is 685. The van der Waals surface area contributed by atoms with Gasteiger partial charge in [0.25, 0.3) is 5.91 Å². The lowest BCUT2D eigenvalue weighted by Gasteiger charge is -2.33. The normalized spacial score (nSPS) is 19.0. The molecule has 1 aromatic rings. The lowest BCUT2D eigenvalue weighted by molar-refractivity contribution is 0.0635. The fourth-order valence-corrected chi connectivity index (χ4v) is 3.85. The van der Waals surface area contributed by atoms with Gasteiger partial charge in [-0.25, -0.2) is 12.7 Å². The maximum absolute atomic E-state index is 12.7. The van der Waals surface area contributed by atoms with Crippen molar-refractivity contribution in [2.45, 2.75) is 37.1 Å². The van der Waals surface area contributed by atoms with E-state index in [0.717, 1.165) is 23.6 Å². The summed E-state index contributed by atoms with van der Waals surface area (Å²) >= 11 is 0. The van der Waals surface area contributed by atoms with Crippen LogP contribution in [0.2, 0.25) is 0 Å². The maximum atomic E-state index is 12.7. The van der Waals surface area contributed by atoms with Gasteiger partial charge in [-0.2, -0.15) is 0 Å². The summed E-state index contributed by atoms with van der Waals surface area (Å²) in [6.07, 6.45) is 3.08. The number of methoxy groups -OCH3 is 1. The minimum atomic E-state index is -3.68. The van der Waals surface area contributed by atoms with Gasteiger partial charge in [0.15, 0.2) is 0 Å². The zero-order chi connectivity index (χ0) is 17.2. The summed E-state index contributed by atoms with van der Waals surface area (Å²) in [5.74, 6) is 0.108. The van der Waals surface area contributed by atoms with Crippen LogP contribution in [0.3, 0.4) is 0 Å². The number of carbonyl (C=O) groups excluding carboxylic acids is 1. The second-order valence-electron chi connectivity index (χ2n) is 6.00. The summed E-state index contributed by atoms with van der Waals surface area (Å²) in [5, 5.41) is 0. The minimum absolute atomic E-state index is 0.0144. The Balaban J connectivity index is 2.43. The van der Waals surface area contributed by atoms with Gasteiger partial charge < -0.3 is 9.64 Å². The second-order valence-corrected chi connectivity index (χ2v) is 8.12. The van der Waals surface area contributed by atoms with Crippen molar-refractivity contribution in [1.82, 2.24) is 9.21 Å². The van der Waals surface area contributed by atoms with E-state index in [4.69, 9.17) is 4.74 Å². The van der Waals surface area contributed by atoms with Crippen molar-refractivity contribution in [3.63, 3.8) is 0 Å². The average molecular weight is 340 g/mol. The fraction of sp³-hybridized carbons (Fsp3) is 0.562. The van der Waals surface area contributed by atoms with E-state index in [-0.39, 0.29) is 22.6 Å². The standard InChI is InChI=1S/C16H24N2O4S/c1-12-7-5-6-10-18(12)16(19)13-8-9-14(22-4)15(11-13)23(20,21)17(2)3/h8-9,11-12H,5-7,10H2,1-4H3. The molecule has 0 spiro atoms. The van der Waals surface area contributed by atoms with Crippen LogP contribution in [0.1, 0.15) is 36.5 Å². The molecule has 0 saturated carbocycles. The van der Waals surface area contributed by atoms with Crippen molar-refractivity contribution >= 4 is 15.9 Å². The second kappa shape index (κ2) is 6.88. The number of amides is 1. The number of hydrogen-bond acceptors (Lipinski definition) is 4. The van der Waals surface area contributed by atoms with Crippen molar-refractivity contribution in [1.29, 1.82) is 0 Å². The molecule has 1 aliphatic rings. The quantitative estimate of drug-likeness (QED) is 0.840. The van der Waals surface area contributed by atoms with Crippen LogP contribution < -0.4 is 4.74 Å². The van der Waals surface area contributed by atoms with E-state index in [1.54, 1.807) is 6.07 Å². The van der Waals surface area contributed by atoms with E-state index in [9.17, 15) is 13.2 Å². The van der Waals surface area contributed by atoms with E-state index in [0.29, 0.717) is 12.1 Å². The first-order chi connectivity index (χ1) is 10.8. The Hall–Kier alpha value is -1.60. The number of hydrogen-bond donors (Lipinski definition) is 0. The molecule has 2 rings (SSSR count). The molecule has 128 valence electrons. The average Bonchev–Trinajstić information content (AvgIpc) is 2.53. The summed E-state index contributed by atoms with van der Waals surface area (Å²) in [6.45, 7) is 2.74. The van der Waals surface area contributed by atoms with Gasteiger partial charge in [-0.3, -0.25) is 4.79 Å². The van der Waals surface area contributed by atoms with E-state index in [1.807, 2.05) is 11.8 Å². The van der Waals surface area contributed by atoms with Gasteiger partial charge in [-0.05, 0) is 44.4 Å². The molecule has 1 amide bonds. The number of piperidine rings is 1. The van der Waals surface area contributed by atoms with Crippen LogP contribution in [-0.2, 0) is 10.0 Å². The van der Waals surface area contributed by atoms with Crippen LogP contribution in [0.5, 0.6) is 5.75 Å². The molecule has 1 atom stereocenters. The zero-order valence-corrected chi connectivity index (χ0v) is 14.9. The van der Waals surface area contributed by atoms with E-state index in [1.165, 1.54) is 33.3 Å². The number of ether oxygens (including phenoxy) is 1. The summed E-state index contributed by atoms with van der Waals surface area (Å²) < 4.78 is 31.2. The van der Waals surface area contributed by atoms with Gasteiger partial charge in [0.05, 0.1) is 7.11 Å². The van der Waals surface area contributed by atoms with Gasteiger partial charge in [0, 0.05) is 32.2 Å².